The molecule has 2 aromatic rings. The molecule has 138 valence electrons. The number of amidine groups is 1. The average molecular weight is 358 g/mol. The van der Waals surface area contributed by atoms with E-state index < -0.39 is 0 Å². The topological polar surface area (TPSA) is 114 Å². The zero-order valence-corrected chi connectivity index (χ0v) is 14.8. The number of rotatable bonds is 8. The Morgan fingerprint density at radius 2 is 2.15 bits per heavy atom. The van der Waals surface area contributed by atoms with Crippen LogP contribution >= 0.6 is 0 Å². The third-order valence-electron chi connectivity index (χ3n) is 3.11. The van der Waals surface area contributed by atoms with Gasteiger partial charge in [0.2, 0.25) is 0 Å². The van der Waals surface area contributed by atoms with E-state index in [0.717, 1.165) is 5.56 Å². The van der Waals surface area contributed by atoms with E-state index in [-0.39, 0.29) is 11.7 Å². The molecule has 1 amide bonds. The lowest BCUT2D eigenvalue weighted by atomic mass is 10.2. The Balaban J connectivity index is 1.78. The molecule has 0 radical (unpaired) electrons. The summed E-state index contributed by atoms with van der Waals surface area (Å²) in [7, 11) is 1.54. The first-order valence-electron chi connectivity index (χ1n) is 7.96. The number of carbonyl (C=O) groups is 1. The molecule has 0 atom stereocenters. The van der Waals surface area contributed by atoms with Crippen LogP contribution in [0.5, 0.6) is 11.8 Å². The molecule has 0 saturated carbocycles. The lowest BCUT2D eigenvalue weighted by molar-refractivity contribution is -0.115. The monoisotopic (exact) mass is 358 g/mol. The molecule has 1 aromatic heterocycles. The quantitative estimate of drug-likeness (QED) is 0.369. The van der Waals surface area contributed by atoms with Crippen molar-refractivity contribution >= 4 is 11.7 Å². The number of nitrogens with one attached hydrogen (secondary N) is 3. The molecule has 0 unspecified atom stereocenters. The smallest absolute Gasteiger partial charge is 0.312 e. The molecule has 0 aliphatic rings. The van der Waals surface area contributed by atoms with Crippen LogP contribution in [-0.2, 0) is 11.3 Å². The third-order valence-corrected chi connectivity index (χ3v) is 3.11. The highest BCUT2D eigenvalue weighted by molar-refractivity contribution is 6.38. The molecule has 0 bridgehead atoms. The van der Waals surface area contributed by atoms with Crippen molar-refractivity contribution in [2.24, 2.45) is 4.99 Å². The molecule has 1 heterocycles. The number of aliphatic imine (C=N–C) groups is 1. The fraction of sp³-hybridized carbons (Fsp3) is 0.294. The Hall–Kier alpha value is -3.36. The van der Waals surface area contributed by atoms with Crippen molar-refractivity contribution in [3.63, 3.8) is 0 Å². The highest BCUT2D eigenvalue weighted by Gasteiger charge is 2.10. The van der Waals surface area contributed by atoms with Gasteiger partial charge < -0.3 is 20.1 Å². The summed E-state index contributed by atoms with van der Waals surface area (Å²) in [6, 6.07) is 7.79. The molecular formula is C17H22N6O3. The van der Waals surface area contributed by atoms with E-state index in [1.807, 2.05) is 24.3 Å². The Labute approximate surface area is 151 Å². The summed E-state index contributed by atoms with van der Waals surface area (Å²) in [4.78, 5) is 19.8. The van der Waals surface area contributed by atoms with Crippen molar-refractivity contribution in [3.8, 4) is 11.8 Å². The van der Waals surface area contributed by atoms with Gasteiger partial charge in [-0.2, -0.15) is 10.1 Å². The van der Waals surface area contributed by atoms with Gasteiger partial charge in [-0.1, -0.05) is 18.7 Å². The maximum atomic E-state index is 12.1. The van der Waals surface area contributed by atoms with Crippen molar-refractivity contribution in [3.05, 3.63) is 48.4 Å². The Morgan fingerprint density at radius 1 is 1.35 bits per heavy atom. The molecule has 2 rings (SSSR count). The van der Waals surface area contributed by atoms with Crippen LogP contribution in [0.1, 0.15) is 12.5 Å². The van der Waals surface area contributed by atoms with E-state index in [9.17, 15) is 4.79 Å². The van der Waals surface area contributed by atoms with Crippen LogP contribution in [0.4, 0.5) is 0 Å². The molecule has 9 nitrogen and oxygen atoms in total. The van der Waals surface area contributed by atoms with E-state index in [4.69, 9.17) is 9.47 Å². The van der Waals surface area contributed by atoms with Gasteiger partial charge in [-0.05, 0) is 24.6 Å². The number of aromatic nitrogens is 3. The molecule has 9 heteroatoms. The second-order valence-electron chi connectivity index (χ2n) is 5.30. The van der Waals surface area contributed by atoms with Crippen LogP contribution in [0.25, 0.3) is 0 Å². The van der Waals surface area contributed by atoms with E-state index in [1.165, 1.54) is 6.33 Å². The van der Waals surface area contributed by atoms with E-state index in [1.54, 1.807) is 14.0 Å². The summed E-state index contributed by atoms with van der Waals surface area (Å²) in [6.45, 7) is 6.49. The number of aromatic amines is 1. The summed E-state index contributed by atoms with van der Waals surface area (Å²) >= 11 is 0. The lowest BCUT2D eigenvalue weighted by Crippen LogP contribution is -2.38. The molecule has 26 heavy (non-hydrogen) atoms. The van der Waals surface area contributed by atoms with Crippen LogP contribution in [0.15, 0.2) is 47.9 Å². The first-order chi connectivity index (χ1) is 12.6. The molecule has 0 aliphatic carbocycles. The van der Waals surface area contributed by atoms with E-state index >= 15 is 0 Å². The molecule has 0 fully saturated rings. The number of carbonyl (C=O) groups excluding carboxylic acids is 1. The van der Waals surface area contributed by atoms with Gasteiger partial charge in [-0.15, -0.1) is 0 Å². The van der Waals surface area contributed by atoms with Gasteiger partial charge in [0.25, 0.3) is 5.91 Å². The van der Waals surface area contributed by atoms with Gasteiger partial charge in [0.1, 0.15) is 25.3 Å². The van der Waals surface area contributed by atoms with Crippen molar-refractivity contribution < 1.29 is 14.3 Å². The lowest BCUT2D eigenvalue weighted by Gasteiger charge is -2.11. The normalized spacial score (nSPS) is 10.9. The first-order valence-corrected chi connectivity index (χ1v) is 7.96. The molecular weight excluding hydrogens is 336 g/mol. The summed E-state index contributed by atoms with van der Waals surface area (Å²) in [5.41, 5.74) is 1.54. The minimum Gasteiger partial charge on any atom is -0.490 e. The van der Waals surface area contributed by atoms with Crippen LogP contribution in [0.3, 0.4) is 0 Å². The molecule has 1 aromatic carbocycles. The summed E-state index contributed by atoms with van der Waals surface area (Å²) in [5, 5.41) is 11.9. The number of nitrogens with zero attached hydrogens (tertiary/aromatic N) is 3. The van der Waals surface area contributed by atoms with Gasteiger partial charge >= 0.3 is 6.01 Å². The Bertz CT molecular complexity index is 758. The standard InChI is InChI=1S/C17H22N6O3/c1-12(2)22-15(18-3)16(24)19-10-13-5-4-6-14(9-13)25-7-8-26-17-20-11-21-23-17/h4-6,9,11H,1,7-8,10H2,2-3H3,(H,18,22)(H,19,24)(H,20,21,23). The Kier molecular flexibility index (Phi) is 7.17. The molecule has 0 saturated heterocycles. The second kappa shape index (κ2) is 9.82. The number of ether oxygens (including phenoxy) is 2. The summed E-state index contributed by atoms with van der Waals surface area (Å²) in [6.07, 6.45) is 1.37. The van der Waals surface area contributed by atoms with Crippen molar-refractivity contribution in [1.82, 2.24) is 25.8 Å². The zero-order chi connectivity index (χ0) is 18.8. The maximum absolute atomic E-state index is 12.1. The van der Waals surface area contributed by atoms with Crippen LogP contribution in [0.2, 0.25) is 0 Å². The number of benzene rings is 1. The van der Waals surface area contributed by atoms with Crippen molar-refractivity contribution in [2.75, 3.05) is 20.3 Å². The number of hydrogen-bond donors (Lipinski definition) is 3. The molecule has 0 aliphatic heterocycles. The zero-order valence-electron chi connectivity index (χ0n) is 14.8. The van der Waals surface area contributed by atoms with Crippen LogP contribution in [-0.4, -0.2) is 47.2 Å². The minimum atomic E-state index is -0.303. The van der Waals surface area contributed by atoms with Gasteiger partial charge in [0, 0.05) is 19.3 Å². The third kappa shape index (κ3) is 6.27. The summed E-state index contributed by atoms with van der Waals surface area (Å²) < 4.78 is 10.9. The highest BCUT2D eigenvalue weighted by Crippen LogP contribution is 2.13. The van der Waals surface area contributed by atoms with Gasteiger partial charge in [-0.25, -0.2) is 5.10 Å². The van der Waals surface area contributed by atoms with Gasteiger partial charge in [-0.3, -0.25) is 9.79 Å². The maximum Gasteiger partial charge on any atom is 0.312 e. The second-order valence-corrected chi connectivity index (χ2v) is 5.30. The van der Waals surface area contributed by atoms with Gasteiger partial charge in [0.05, 0.1) is 0 Å². The molecule has 0 spiro atoms. The van der Waals surface area contributed by atoms with Gasteiger partial charge in [0.15, 0.2) is 5.84 Å². The number of H-pyrrole nitrogens is 1. The first kappa shape index (κ1) is 19.0. The highest BCUT2D eigenvalue weighted by atomic mass is 16.5. The number of hydrogen-bond acceptors (Lipinski definition) is 6. The summed E-state index contributed by atoms with van der Waals surface area (Å²) in [5.74, 6) is 0.596. The fourth-order valence-electron chi connectivity index (χ4n) is 1.99. The predicted octanol–water partition coefficient (Wildman–Crippen LogP) is 1.03. The SMILES string of the molecule is C=C(C)NC(=NC)C(=O)NCc1cccc(OCCOc2ncn[nH]2)c1. The van der Waals surface area contributed by atoms with Crippen molar-refractivity contribution in [2.45, 2.75) is 13.5 Å². The molecule has 3 N–H and O–H groups in total. The van der Waals surface area contributed by atoms with Crippen LogP contribution < -0.4 is 20.1 Å². The Morgan fingerprint density at radius 3 is 2.85 bits per heavy atom. The number of amides is 1. The van der Waals surface area contributed by atoms with E-state index in [0.29, 0.717) is 37.2 Å². The van der Waals surface area contributed by atoms with Crippen LogP contribution in [0, 0.1) is 0 Å². The van der Waals surface area contributed by atoms with E-state index in [2.05, 4.69) is 37.4 Å². The fourth-order valence-corrected chi connectivity index (χ4v) is 1.99. The predicted molar refractivity (Wildman–Crippen MR) is 97.0 cm³/mol. The minimum absolute atomic E-state index is 0.217. The largest absolute Gasteiger partial charge is 0.490 e. The number of allylic oxidation sites excluding steroid dienone is 1. The van der Waals surface area contributed by atoms with Crippen molar-refractivity contribution in [1.29, 1.82) is 0 Å². The average Bonchev–Trinajstić information content (AvgIpc) is 3.15.